The Hall–Kier alpha value is -1.02. The van der Waals surface area contributed by atoms with Gasteiger partial charge in [-0.05, 0) is 42.9 Å². The van der Waals surface area contributed by atoms with Crippen LogP contribution in [0.3, 0.4) is 0 Å². The molecule has 1 aliphatic rings. The number of rotatable bonds is 3. The maximum Gasteiger partial charge on any atom is 0.124 e. The van der Waals surface area contributed by atoms with E-state index >= 15 is 0 Å². The van der Waals surface area contributed by atoms with E-state index in [1.54, 1.807) is 0 Å². The highest BCUT2D eigenvalue weighted by Crippen LogP contribution is 2.24. The summed E-state index contributed by atoms with van der Waals surface area (Å²) in [5.74, 6) is 1.43. The number of hydrogen-bond acceptors (Lipinski definition) is 2. The first kappa shape index (κ1) is 14.4. The molecule has 2 atom stereocenters. The monoisotopic (exact) mass is 262 g/mol. The molecule has 0 saturated heterocycles. The quantitative estimate of drug-likeness (QED) is 0.881. The Morgan fingerprint density at radius 1 is 1.00 bits per heavy atom. The highest BCUT2D eigenvalue weighted by Gasteiger charge is 2.22. The maximum absolute atomic E-state index is 10.2. The van der Waals surface area contributed by atoms with E-state index < -0.39 is 0 Å². The van der Waals surface area contributed by atoms with Crippen LogP contribution in [0.5, 0.6) is 5.75 Å². The minimum Gasteiger partial charge on any atom is -0.488 e. The summed E-state index contributed by atoms with van der Waals surface area (Å²) in [6.45, 7) is 4.38. The second-order valence-corrected chi connectivity index (χ2v) is 5.94. The van der Waals surface area contributed by atoms with Crippen molar-refractivity contribution < 1.29 is 9.84 Å². The average molecular weight is 262 g/mol. The molecule has 0 amide bonds. The molecule has 0 spiro atoms. The third-order valence-electron chi connectivity index (χ3n) is 4.00. The number of ether oxygens (including phenoxy) is 1. The van der Waals surface area contributed by atoms with Crippen LogP contribution in [-0.2, 0) is 0 Å². The summed E-state index contributed by atoms with van der Waals surface area (Å²) in [6, 6.07) is 8.30. The van der Waals surface area contributed by atoms with E-state index in [0.29, 0.717) is 5.92 Å². The molecule has 1 N–H and O–H groups in total. The Bertz CT molecular complexity index is 369. The fourth-order valence-electron chi connectivity index (χ4n) is 2.67. The molecule has 0 aromatic heterocycles. The normalized spacial score (nSPS) is 24.8. The molecule has 1 aliphatic carbocycles. The lowest BCUT2D eigenvalue weighted by Gasteiger charge is -2.26. The second kappa shape index (κ2) is 6.95. The van der Waals surface area contributed by atoms with E-state index in [2.05, 4.69) is 26.0 Å². The van der Waals surface area contributed by atoms with Crippen LogP contribution in [-0.4, -0.2) is 17.3 Å². The van der Waals surface area contributed by atoms with E-state index in [-0.39, 0.29) is 12.2 Å². The molecule has 106 valence electrons. The molecular weight excluding hydrogens is 236 g/mol. The van der Waals surface area contributed by atoms with E-state index in [0.717, 1.165) is 31.4 Å². The zero-order valence-electron chi connectivity index (χ0n) is 12.1. The highest BCUT2D eigenvalue weighted by molar-refractivity contribution is 5.29. The summed E-state index contributed by atoms with van der Waals surface area (Å²) in [4.78, 5) is 0. The van der Waals surface area contributed by atoms with Crippen molar-refractivity contribution in [2.45, 2.75) is 70.5 Å². The molecule has 1 aromatic carbocycles. The molecule has 2 nitrogen and oxygen atoms in total. The molecule has 2 unspecified atom stereocenters. The zero-order valence-corrected chi connectivity index (χ0v) is 12.1. The van der Waals surface area contributed by atoms with Crippen molar-refractivity contribution in [3.63, 3.8) is 0 Å². The van der Waals surface area contributed by atoms with Gasteiger partial charge in [0, 0.05) is 0 Å². The van der Waals surface area contributed by atoms with Crippen molar-refractivity contribution in [3.8, 4) is 5.75 Å². The third-order valence-corrected chi connectivity index (χ3v) is 4.00. The molecule has 2 heteroatoms. The summed E-state index contributed by atoms with van der Waals surface area (Å²) in [5.41, 5.74) is 1.32. The minimum absolute atomic E-state index is 0.0369. The van der Waals surface area contributed by atoms with Gasteiger partial charge in [0.05, 0.1) is 6.10 Å². The van der Waals surface area contributed by atoms with Crippen LogP contribution in [0.25, 0.3) is 0 Å². The molecule has 0 aliphatic heterocycles. The fourth-order valence-corrected chi connectivity index (χ4v) is 2.67. The minimum atomic E-state index is -0.315. The van der Waals surface area contributed by atoms with E-state index in [4.69, 9.17) is 4.74 Å². The number of aliphatic hydroxyl groups excluding tert-OH is 1. The lowest BCUT2D eigenvalue weighted by atomic mass is 9.96. The van der Waals surface area contributed by atoms with Crippen molar-refractivity contribution >= 4 is 0 Å². The van der Waals surface area contributed by atoms with E-state index in [1.807, 2.05) is 12.1 Å². The van der Waals surface area contributed by atoms with Crippen molar-refractivity contribution in [1.82, 2.24) is 0 Å². The number of aliphatic hydroxyl groups is 1. The number of hydrogen-bond donors (Lipinski definition) is 1. The van der Waals surface area contributed by atoms with Crippen LogP contribution in [0.1, 0.15) is 63.9 Å². The van der Waals surface area contributed by atoms with Gasteiger partial charge in [-0.2, -0.15) is 0 Å². The molecule has 0 heterocycles. The van der Waals surface area contributed by atoms with Crippen LogP contribution in [0, 0.1) is 0 Å². The van der Waals surface area contributed by atoms with Gasteiger partial charge >= 0.3 is 0 Å². The van der Waals surface area contributed by atoms with Gasteiger partial charge in [-0.15, -0.1) is 0 Å². The van der Waals surface area contributed by atoms with Gasteiger partial charge in [-0.25, -0.2) is 0 Å². The van der Waals surface area contributed by atoms with Crippen LogP contribution < -0.4 is 4.74 Å². The van der Waals surface area contributed by atoms with Crippen LogP contribution >= 0.6 is 0 Å². The van der Waals surface area contributed by atoms with Crippen molar-refractivity contribution in [2.24, 2.45) is 0 Å². The van der Waals surface area contributed by atoms with Gasteiger partial charge in [0.15, 0.2) is 0 Å². The van der Waals surface area contributed by atoms with E-state index in [1.165, 1.54) is 18.4 Å². The first-order valence-corrected chi connectivity index (χ1v) is 7.61. The largest absolute Gasteiger partial charge is 0.488 e. The SMILES string of the molecule is CC(C)c1ccc(OC2CCCCCCC2O)cc1. The summed E-state index contributed by atoms with van der Waals surface area (Å²) in [6.07, 6.45) is 6.27. The van der Waals surface area contributed by atoms with Gasteiger partial charge in [0.25, 0.3) is 0 Å². The molecule has 0 bridgehead atoms. The maximum atomic E-state index is 10.2. The van der Waals surface area contributed by atoms with Crippen LogP contribution in [0.2, 0.25) is 0 Å². The van der Waals surface area contributed by atoms with Crippen molar-refractivity contribution in [2.75, 3.05) is 0 Å². The molecule has 1 aromatic rings. The molecule has 1 saturated carbocycles. The molecule has 0 radical (unpaired) electrons. The highest BCUT2D eigenvalue weighted by atomic mass is 16.5. The molecule has 2 rings (SSSR count). The second-order valence-electron chi connectivity index (χ2n) is 5.94. The molecule has 19 heavy (non-hydrogen) atoms. The van der Waals surface area contributed by atoms with Gasteiger partial charge in [0.1, 0.15) is 11.9 Å². The summed E-state index contributed by atoms with van der Waals surface area (Å²) < 4.78 is 5.99. The summed E-state index contributed by atoms with van der Waals surface area (Å²) >= 11 is 0. The lowest BCUT2D eigenvalue weighted by Crippen LogP contribution is -2.32. The average Bonchev–Trinajstić information content (AvgIpc) is 2.39. The van der Waals surface area contributed by atoms with Crippen LogP contribution in [0.15, 0.2) is 24.3 Å². The Balaban J connectivity index is 1.97. The molecular formula is C17H26O2. The Kier molecular flexibility index (Phi) is 5.26. The van der Waals surface area contributed by atoms with Gasteiger partial charge in [-0.1, -0.05) is 45.2 Å². The predicted molar refractivity (Wildman–Crippen MR) is 78.7 cm³/mol. The Morgan fingerprint density at radius 3 is 2.26 bits per heavy atom. The van der Waals surface area contributed by atoms with Gasteiger partial charge in [-0.3, -0.25) is 0 Å². The smallest absolute Gasteiger partial charge is 0.124 e. The van der Waals surface area contributed by atoms with Gasteiger partial charge in [0.2, 0.25) is 0 Å². The van der Waals surface area contributed by atoms with E-state index in [9.17, 15) is 5.11 Å². The van der Waals surface area contributed by atoms with Crippen LogP contribution in [0.4, 0.5) is 0 Å². The Morgan fingerprint density at radius 2 is 1.63 bits per heavy atom. The third kappa shape index (κ3) is 4.24. The Labute approximate surface area is 116 Å². The first-order valence-electron chi connectivity index (χ1n) is 7.61. The fraction of sp³-hybridized carbons (Fsp3) is 0.647. The summed E-state index contributed by atoms with van der Waals surface area (Å²) in [7, 11) is 0. The predicted octanol–water partition coefficient (Wildman–Crippen LogP) is 4.27. The van der Waals surface area contributed by atoms with Gasteiger partial charge < -0.3 is 9.84 Å². The lowest BCUT2D eigenvalue weighted by molar-refractivity contribution is 0.0187. The zero-order chi connectivity index (χ0) is 13.7. The first-order chi connectivity index (χ1) is 9.16. The number of benzene rings is 1. The standard InChI is InChI=1S/C17H26O2/c1-13(2)14-9-11-15(12-10-14)19-17-8-6-4-3-5-7-16(17)18/h9-13,16-18H,3-8H2,1-2H3. The van der Waals surface area contributed by atoms with Crippen molar-refractivity contribution in [1.29, 1.82) is 0 Å². The van der Waals surface area contributed by atoms with Crippen molar-refractivity contribution in [3.05, 3.63) is 29.8 Å². The molecule has 1 fully saturated rings. The summed E-state index contributed by atoms with van der Waals surface area (Å²) in [5, 5.41) is 10.2. The topological polar surface area (TPSA) is 29.5 Å².